The molecule has 0 fully saturated rings. The summed E-state index contributed by atoms with van der Waals surface area (Å²) >= 11 is 1.79. The molecule has 0 aliphatic carbocycles. The van der Waals surface area contributed by atoms with E-state index in [0.29, 0.717) is 11.4 Å². The Hall–Kier alpha value is -6.87. The summed E-state index contributed by atoms with van der Waals surface area (Å²) in [6.45, 7) is 0. The molecular weight excluding hydrogens is 653 g/mol. The fourth-order valence-electron chi connectivity index (χ4n) is 7.36. The van der Waals surface area contributed by atoms with Crippen LogP contribution in [0.15, 0.2) is 170 Å². The van der Waals surface area contributed by atoms with Crippen LogP contribution in [0.1, 0.15) is 5.56 Å². The highest BCUT2D eigenvalue weighted by Crippen LogP contribution is 2.40. The summed E-state index contributed by atoms with van der Waals surface area (Å²) < 4.78 is 4.70. The van der Waals surface area contributed by atoms with Crippen LogP contribution in [-0.4, -0.2) is 14.5 Å². The number of thiophene rings is 1. The van der Waals surface area contributed by atoms with E-state index in [4.69, 9.17) is 9.97 Å². The molecule has 3 aromatic heterocycles. The summed E-state index contributed by atoms with van der Waals surface area (Å²) in [6, 6.07) is 61.4. The van der Waals surface area contributed by atoms with E-state index in [-0.39, 0.29) is 0 Å². The van der Waals surface area contributed by atoms with E-state index in [0.717, 1.165) is 55.9 Å². The van der Waals surface area contributed by atoms with Crippen molar-refractivity contribution in [1.29, 1.82) is 5.26 Å². The number of fused-ring (bicyclic) bond motifs is 6. The van der Waals surface area contributed by atoms with Crippen LogP contribution in [0.3, 0.4) is 0 Å². The molecule has 0 spiro atoms. The quantitative estimate of drug-likeness (QED) is 0.182. The van der Waals surface area contributed by atoms with Gasteiger partial charge in [-0.2, -0.15) is 5.26 Å². The van der Waals surface area contributed by atoms with Crippen molar-refractivity contribution in [2.75, 3.05) is 0 Å². The third kappa shape index (κ3) is 5.05. The highest BCUT2D eigenvalue weighted by Gasteiger charge is 2.16. The molecule has 0 N–H and O–H groups in total. The highest BCUT2D eigenvalue weighted by molar-refractivity contribution is 7.25. The first kappa shape index (κ1) is 30.0. The van der Waals surface area contributed by atoms with Gasteiger partial charge in [-0.15, -0.1) is 11.3 Å². The number of nitrogens with zero attached hydrogens (tertiary/aromatic N) is 4. The SMILES string of the molecule is N#Cc1cc(-c2ccc3sc4ccc(-c5cc(-c6ccccc6)nc(-c6ccccc6)n5)cc4c3c2)cc(-n2c3ccccc3c3ccccc32)c1. The van der Waals surface area contributed by atoms with E-state index in [1.807, 2.05) is 48.5 Å². The number of hydrogen-bond acceptors (Lipinski definition) is 4. The van der Waals surface area contributed by atoms with E-state index in [9.17, 15) is 5.26 Å². The van der Waals surface area contributed by atoms with Crippen molar-refractivity contribution in [1.82, 2.24) is 14.5 Å². The van der Waals surface area contributed by atoms with Crippen LogP contribution in [0.2, 0.25) is 0 Å². The first-order valence-corrected chi connectivity index (χ1v) is 18.0. The normalized spacial score (nSPS) is 11.4. The van der Waals surface area contributed by atoms with Crippen molar-refractivity contribution >= 4 is 53.3 Å². The summed E-state index contributed by atoms with van der Waals surface area (Å²) in [5.74, 6) is 0.700. The monoisotopic (exact) mass is 680 g/mol. The van der Waals surface area contributed by atoms with Crippen LogP contribution < -0.4 is 0 Å². The van der Waals surface area contributed by atoms with E-state index in [1.54, 1.807) is 11.3 Å². The van der Waals surface area contributed by atoms with Gasteiger partial charge >= 0.3 is 0 Å². The smallest absolute Gasteiger partial charge is 0.160 e. The van der Waals surface area contributed by atoms with Crippen LogP contribution in [0.5, 0.6) is 0 Å². The minimum atomic E-state index is 0.624. The average Bonchev–Trinajstić information content (AvgIpc) is 3.76. The molecule has 0 atom stereocenters. The van der Waals surface area contributed by atoms with Gasteiger partial charge in [0.15, 0.2) is 5.82 Å². The molecule has 3 heterocycles. The minimum absolute atomic E-state index is 0.624. The van der Waals surface area contributed by atoms with Crippen LogP contribution in [0, 0.1) is 11.3 Å². The molecule has 10 rings (SSSR count). The van der Waals surface area contributed by atoms with Crippen LogP contribution in [-0.2, 0) is 0 Å². The molecule has 0 amide bonds. The fraction of sp³-hybridized carbons (Fsp3) is 0. The van der Waals surface area contributed by atoms with Gasteiger partial charge in [0.25, 0.3) is 0 Å². The Morgan fingerprint density at radius 2 is 1.00 bits per heavy atom. The maximum atomic E-state index is 10.2. The predicted molar refractivity (Wildman–Crippen MR) is 216 cm³/mol. The number of aromatic nitrogens is 3. The summed E-state index contributed by atoms with van der Waals surface area (Å²) in [4.78, 5) is 10.1. The summed E-state index contributed by atoms with van der Waals surface area (Å²) in [5.41, 5.74) is 10.7. The van der Waals surface area contributed by atoms with Gasteiger partial charge in [0, 0.05) is 53.3 Å². The largest absolute Gasteiger partial charge is 0.309 e. The van der Waals surface area contributed by atoms with Gasteiger partial charge in [0.1, 0.15) is 0 Å². The van der Waals surface area contributed by atoms with Gasteiger partial charge in [0.05, 0.1) is 34.1 Å². The lowest BCUT2D eigenvalue weighted by molar-refractivity contribution is 1.18. The molecule has 7 aromatic carbocycles. The number of benzene rings is 7. The Bertz CT molecular complexity index is 2910. The van der Waals surface area contributed by atoms with E-state index in [2.05, 4.69) is 132 Å². The predicted octanol–water partition coefficient (Wildman–Crippen LogP) is 12.5. The summed E-state index contributed by atoms with van der Waals surface area (Å²) in [6.07, 6.45) is 0. The first-order chi connectivity index (χ1) is 25.7. The fourth-order valence-corrected chi connectivity index (χ4v) is 8.42. The van der Waals surface area contributed by atoms with Crippen LogP contribution in [0.4, 0.5) is 0 Å². The van der Waals surface area contributed by atoms with Crippen molar-refractivity contribution in [3.63, 3.8) is 0 Å². The molecule has 0 aliphatic rings. The molecule has 0 unspecified atom stereocenters. The molecule has 52 heavy (non-hydrogen) atoms. The Morgan fingerprint density at radius 3 is 1.65 bits per heavy atom. The topological polar surface area (TPSA) is 54.5 Å². The molecular formula is C47H28N4S. The minimum Gasteiger partial charge on any atom is -0.309 e. The van der Waals surface area contributed by atoms with Crippen molar-refractivity contribution in [3.8, 4) is 56.8 Å². The molecule has 0 saturated heterocycles. The number of nitriles is 1. The van der Waals surface area contributed by atoms with E-state index in [1.165, 1.54) is 30.9 Å². The van der Waals surface area contributed by atoms with Gasteiger partial charge in [-0.3, -0.25) is 0 Å². The van der Waals surface area contributed by atoms with Gasteiger partial charge < -0.3 is 4.57 Å². The molecule has 242 valence electrons. The number of para-hydroxylation sites is 2. The molecule has 0 bridgehead atoms. The van der Waals surface area contributed by atoms with Gasteiger partial charge in [-0.25, -0.2) is 9.97 Å². The molecule has 0 saturated carbocycles. The van der Waals surface area contributed by atoms with Crippen molar-refractivity contribution in [2.45, 2.75) is 0 Å². The maximum absolute atomic E-state index is 10.2. The lowest BCUT2D eigenvalue weighted by atomic mass is 9.99. The highest BCUT2D eigenvalue weighted by atomic mass is 32.1. The third-order valence-electron chi connectivity index (χ3n) is 9.81. The zero-order chi connectivity index (χ0) is 34.6. The molecule has 10 aromatic rings. The molecule has 5 heteroatoms. The molecule has 0 radical (unpaired) electrons. The Labute approximate surface area is 304 Å². The lowest BCUT2D eigenvalue weighted by Crippen LogP contribution is -1.96. The van der Waals surface area contributed by atoms with Gasteiger partial charge in [-0.05, 0) is 71.8 Å². The number of rotatable bonds is 5. The van der Waals surface area contributed by atoms with Crippen molar-refractivity contribution in [2.24, 2.45) is 0 Å². The Kier molecular flexibility index (Phi) is 7.02. The Balaban J connectivity index is 1.12. The zero-order valence-corrected chi connectivity index (χ0v) is 28.7. The second-order valence-corrected chi connectivity index (χ2v) is 14.1. The van der Waals surface area contributed by atoms with Crippen LogP contribution >= 0.6 is 11.3 Å². The Morgan fingerprint density at radius 1 is 0.442 bits per heavy atom. The van der Waals surface area contributed by atoms with E-state index < -0.39 is 0 Å². The third-order valence-corrected chi connectivity index (χ3v) is 11.0. The molecule has 4 nitrogen and oxygen atoms in total. The van der Waals surface area contributed by atoms with Gasteiger partial charge in [0.2, 0.25) is 0 Å². The zero-order valence-electron chi connectivity index (χ0n) is 27.9. The maximum Gasteiger partial charge on any atom is 0.160 e. The standard InChI is InChI=1S/C47H28N4S/c48-29-30-23-35(25-36(24-30)51-43-17-9-7-15-37(43)38-16-8-10-18-44(38)51)33-19-21-45-39(26-33)40-27-34(20-22-46(40)52-45)42-28-41(31-11-3-1-4-12-31)49-47(50-42)32-13-5-2-6-14-32/h1-28H. The molecule has 0 aliphatic heterocycles. The van der Waals surface area contributed by atoms with Gasteiger partial charge in [-0.1, -0.05) is 109 Å². The van der Waals surface area contributed by atoms with Crippen molar-refractivity contribution in [3.05, 3.63) is 175 Å². The summed E-state index contributed by atoms with van der Waals surface area (Å²) in [7, 11) is 0. The van der Waals surface area contributed by atoms with Crippen LogP contribution in [0.25, 0.3) is 92.7 Å². The second-order valence-electron chi connectivity index (χ2n) is 13.0. The summed E-state index contributed by atoms with van der Waals surface area (Å²) in [5, 5.41) is 14.9. The number of hydrogen-bond donors (Lipinski definition) is 0. The average molecular weight is 681 g/mol. The van der Waals surface area contributed by atoms with E-state index >= 15 is 0 Å². The first-order valence-electron chi connectivity index (χ1n) is 17.2. The lowest BCUT2D eigenvalue weighted by Gasteiger charge is -2.12. The van der Waals surface area contributed by atoms with Crippen molar-refractivity contribution < 1.29 is 0 Å². The second kappa shape index (κ2) is 12.2.